The Balaban J connectivity index is 1.24. The van der Waals surface area contributed by atoms with Gasteiger partial charge in [-0.25, -0.2) is 9.59 Å². The number of hydrogen-bond donors (Lipinski definition) is 3. The first-order chi connectivity index (χ1) is 15.5. The standard InChI is InChI=1S/C23H25N3O6/c1-14(27)16-7-9-17(10-8-16)25-23(29)32-19-13-31-20-18(12-30-21(19)20)26-22(28)24-11-15-5-3-2-4-6-15/h2-10,18-21H,11-13H2,1H3,(H,25,29)(H2,24,26,28)/t18-,19-,20-,21+/m0/s1. The number of fused-ring (bicyclic) bond motifs is 1. The monoisotopic (exact) mass is 439 g/mol. The highest BCUT2D eigenvalue weighted by Crippen LogP contribution is 2.29. The molecule has 4 rings (SSSR count). The normalized spacial score (nSPS) is 23.8. The summed E-state index contributed by atoms with van der Waals surface area (Å²) in [5.41, 5.74) is 2.06. The molecule has 0 aromatic heterocycles. The van der Waals surface area contributed by atoms with Gasteiger partial charge in [0.25, 0.3) is 0 Å². The molecule has 2 saturated heterocycles. The number of hydrogen-bond acceptors (Lipinski definition) is 6. The van der Waals surface area contributed by atoms with Crippen LogP contribution in [0.1, 0.15) is 22.8 Å². The average molecular weight is 439 g/mol. The van der Waals surface area contributed by atoms with E-state index in [4.69, 9.17) is 14.2 Å². The lowest BCUT2D eigenvalue weighted by Gasteiger charge is -2.18. The Morgan fingerprint density at radius 1 is 0.969 bits per heavy atom. The van der Waals surface area contributed by atoms with Crippen molar-refractivity contribution in [2.24, 2.45) is 0 Å². The molecule has 2 aliphatic rings. The van der Waals surface area contributed by atoms with Gasteiger partial charge in [-0.15, -0.1) is 0 Å². The summed E-state index contributed by atoms with van der Waals surface area (Å²) in [4.78, 5) is 35.8. The highest BCUT2D eigenvalue weighted by molar-refractivity contribution is 5.95. The van der Waals surface area contributed by atoms with E-state index in [0.717, 1.165) is 5.56 Å². The van der Waals surface area contributed by atoms with Gasteiger partial charge in [0.05, 0.1) is 19.3 Å². The van der Waals surface area contributed by atoms with Gasteiger partial charge >= 0.3 is 12.1 Å². The van der Waals surface area contributed by atoms with Gasteiger partial charge in [-0.1, -0.05) is 30.3 Å². The minimum atomic E-state index is -0.643. The van der Waals surface area contributed by atoms with Crippen molar-refractivity contribution < 1.29 is 28.6 Å². The second-order valence-corrected chi connectivity index (χ2v) is 7.72. The maximum Gasteiger partial charge on any atom is 0.412 e. The van der Waals surface area contributed by atoms with Crippen LogP contribution in [-0.4, -0.2) is 55.5 Å². The Bertz CT molecular complexity index is 965. The molecule has 2 aliphatic heterocycles. The average Bonchev–Trinajstić information content (AvgIpc) is 3.37. The molecule has 4 atom stereocenters. The second-order valence-electron chi connectivity index (χ2n) is 7.72. The number of urea groups is 1. The van der Waals surface area contributed by atoms with Crippen molar-refractivity contribution in [3.63, 3.8) is 0 Å². The fraction of sp³-hybridized carbons (Fsp3) is 0.348. The lowest BCUT2D eigenvalue weighted by molar-refractivity contribution is 0.00872. The molecule has 0 saturated carbocycles. The number of ketones is 1. The molecular formula is C23H25N3O6. The molecule has 0 spiro atoms. The molecule has 2 fully saturated rings. The first-order valence-electron chi connectivity index (χ1n) is 10.4. The number of anilines is 1. The van der Waals surface area contributed by atoms with E-state index in [0.29, 0.717) is 17.8 Å². The van der Waals surface area contributed by atoms with Gasteiger partial charge in [0.15, 0.2) is 11.9 Å². The first-order valence-corrected chi connectivity index (χ1v) is 10.4. The van der Waals surface area contributed by atoms with Crippen LogP contribution >= 0.6 is 0 Å². The van der Waals surface area contributed by atoms with Gasteiger partial charge in [-0.2, -0.15) is 0 Å². The van der Waals surface area contributed by atoms with Crippen LogP contribution in [0.25, 0.3) is 0 Å². The Kier molecular flexibility index (Phi) is 6.67. The Hall–Kier alpha value is -3.43. The van der Waals surface area contributed by atoms with E-state index >= 15 is 0 Å². The van der Waals surface area contributed by atoms with E-state index in [1.54, 1.807) is 24.3 Å². The largest absolute Gasteiger partial charge is 0.441 e. The molecule has 2 heterocycles. The lowest BCUT2D eigenvalue weighted by Crippen LogP contribution is -2.48. The maximum absolute atomic E-state index is 12.3. The number of amides is 3. The van der Waals surface area contributed by atoms with Crippen LogP contribution in [0.2, 0.25) is 0 Å². The van der Waals surface area contributed by atoms with Crippen molar-refractivity contribution in [3.8, 4) is 0 Å². The van der Waals surface area contributed by atoms with Crippen molar-refractivity contribution in [3.05, 3.63) is 65.7 Å². The van der Waals surface area contributed by atoms with Gasteiger partial charge < -0.3 is 24.8 Å². The quantitative estimate of drug-likeness (QED) is 0.596. The van der Waals surface area contributed by atoms with Crippen LogP contribution in [0.15, 0.2) is 54.6 Å². The molecule has 0 aliphatic carbocycles. The molecule has 3 N–H and O–H groups in total. The minimum Gasteiger partial charge on any atom is -0.441 e. The maximum atomic E-state index is 12.3. The van der Waals surface area contributed by atoms with Crippen molar-refractivity contribution in [1.29, 1.82) is 0 Å². The van der Waals surface area contributed by atoms with E-state index in [1.807, 2.05) is 30.3 Å². The summed E-state index contributed by atoms with van der Waals surface area (Å²) in [6, 6.07) is 15.5. The predicted molar refractivity (Wildman–Crippen MR) is 115 cm³/mol. The fourth-order valence-corrected chi connectivity index (χ4v) is 3.76. The van der Waals surface area contributed by atoms with E-state index in [9.17, 15) is 14.4 Å². The van der Waals surface area contributed by atoms with Crippen LogP contribution in [0.4, 0.5) is 15.3 Å². The zero-order valence-electron chi connectivity index (χ0n) is 17.6. The zero-order chi connectivity index (χ0) is 22.5. The van der Waals surface area contributed by atoms with Gasteiger partial charge in [-0.05, 0) is 36.8 Å². The number of carbonyl (C=O) groups excluding carboxylic acids is 3. The summed E-state index contributed by atoms with van der Waals surface area (Å²) < 4.78 is 17.0. The molecule has 32 heavy (non-hydrogen) atoms. The van der Waals surface area contributed by atoms with Gasteiger partial charge in [0, 0.05) is 17.8 Å². The Morgan fingerprint density at radius 3 is 2.41 bits per heavy atom. The number of benzene rings is 2. The van der Waals surface area contributed by atoms with E-state index < -0.39 is 24.4 Å². The highest BCUT2D eigenvalue weighted by Gasteiger charge is 2.50. The number of nitrogens with one attached hydrogen (secondary N) is 3. The van der Waals surface area contributed by atoms with Crippen molar-refractivity contribution >= 4 is 23.6 Å². The van der Waals surface area contributed by atoms with Crippen LogP contribution in [-0.2, 0) is 20.8 Å². The molecule has 0 radical (unpaired) electrons. The molecule has 2 aromatic carbocycles. The highest BCUT2D eigenvalue weighted by atomic mass is 16.6. The van der Waals surface area contributed by atoms with Gasteiger partial charge in [0.1, 0.15) is 12.2 Å². The Labute approximate surface area is 185 Å². The fourth-order valence-electron chi connectivity index (χ4n) is 3.76. The molecule has 9 heteroatoms. The molecule has 3 amide bonds. The first kappa shape index (κ1) is 21.8. The molecular weight excluding hydrogens is 414 g/mol. The molecule has 2 aromatic rings. The summed E-state index contributed by atoms with van der Waals surface area (Å²) in [5.74, 6) is -0.0523. The lowest BCUT2D eigenvalue weighted by atomic mass is 10.1. The van der Waals surface area contributed by atoms with Gasteiger partial charge in [0.2, 0.25) is 0 Å². The second kappa shape index (κ2) is 9.80. The molecule has 168 valence electrons. The molecule has 0 unspecified atom stereocenters. The minimum absolute atomic E-state index is 0.0523. The van der Waals surface area contributed by atoms with Crippen LogP contribution in [0.5, 0.6) is 0 Å². The molecule has 0 bridgehead atoms. The summed E-state index contributed by atoms with van der Waals surface area (Å²) in [7, 11) is 0. The number of rotatable bonds is 6. The topological polar surface area (TPSA) is 115 Å². The SMILES string of the molecule is CC(=O)c1ccc(NC(=O)O[C@H]2CO[C@@H]3[C@@H]2OC[C@@H]3NC(=O)NCc2ccccc2)cc1. The van der Waals surface area contributed by atoms with Gasteiger partial charge in [-0.3, -0.25) is 10.1 Å². The van der Waals surface area contributed by atoms with Crippen molar-refractivity contribution in [1.82, 2.24) is 10.6 Å². The predicted octanol–water partition coefficient (Wildman–Crippen LogP) is 2.47. The van der Waals surface area contributed by atoms with E-state index in [-0.39, 0.29) is 31.1 Å². The van der Waals surface area contributed by atoms with Crippen molar-refractivity contribution in [2.75, 3.05) is 18.5 Å². The van der Waals surface area contributed by atoms with Crippen LogP contribution in [0.3, 0.4) is 0 Å². The zero-order valence-corrected chi connectivity index (χ0v) is 17.6. The Morgan fingerprint density at radius 2 is 1.69 bits per heavy atom. The third-order valence-corrected chi connectivity index (χ3v) is 5.42. The summed E-state index contributed by atoms with van der Waals surface area (Å²) in [5, 5.41) is 8.30. The van der Waals surface area contributed by atoms with Crippen LogP contribution < -0.4 is 16.0 Å². The summed E-state index contributed by atoms with van der Waals surface area (Å²) in [6.07, 6.45) is -2.09. The van der Waals surface area contributed by atoms with E-state index in [2.05, 4.69) is 16.0 Å². The summed E-state index contributed by atoms with van der Waals surface area (Å²) >= 11 is 0. The van der Waals surface area contributed by atoms with E-state index in [1.165, 1.54) is 6.92 Å². The molecule has 9 nitrogen and oxygen atoms in total. The number of Topliss-reactive ketones (excluding diaryl/α,β-unsaturated/α-hetero) is 1. The number of carbonyl (C=O) groups is 3. The van der Waals surface area contributed by atoms with Crippen molar-refractivity contribution in [2.45, 2.75) is 37.8 Å². The summed E-state index contributed by atoms with van der Waals surface area (Å²) in [6.45, 7) is 2.33. The smallest absolute Gasteiger partial charge is 0.412 e. The third kappa shape index (κ3) is 5.24. The third-order valence-electron chi connectivity index (χ3n) is 5.42. The number of ether oxygens (including phenoxy) is 3. The van der Waals surface area contributed by atoms with Crippen LogP contribution in [0, 0.1) is 0 Å².